The summed E-state index contributed by atoms with van der Waals surface area (Å²) >= 11 is 0. The predicted molar refractivity (Wildman–Crippen MR) is 65.8 cm³/mol. The molecule has 6 heteroatoms. The molecule has 2 aromatic rings. The molecule has 0 saturated heterocycles. The normalized spacial score (nSPS) is 12.1. The van der Waals surface area contributed by atoms with Gasteiger partial charge in [-0.25, -0.2) is 4.79 Å². The number of nitrogens with zero attached hydrogens (tertiary/aromatic N) is 1. The average molecular weight is 247 g/mol. The molecule has 18 heavy (non-hydrogen) atoms. The van der Waals surface area contributed by atoms with Crippen molar-refractivity contribution in [1.82, 2.24) is 4.98 Å². The summed E-state index contributed by atoms with van der Waals surface area (Å²) in [4.78, 5) is 14.8. The van der Waals surface area contributed by atoms with Gasteiger partial charge in [0.2, 0.25) is 0 Å². The number of nitrogens with one attached hydrogen (secondary N) is 1. The van der Waals surface area contributed by atoms with Crippen LogP contribution in [0.4, 0.5) is 11.7 Å². The lowest BCUT2D eigenvalue weighted by atomic mass is 10.2. The van der Waals surface area contributed by atoms with E-state index in [-0.39, 0.29) is 11.6 Å². The molecule has 1 heterocycles. The highest BCUT2D eigenvalue weighted by molar-refractivity contribution is 5.88. The Morgan fingerprint density at radius 3 is 2.61 bits per heavy atom. The Hall–Kier alpha value is -2.34. The van der Waals surface area contributed by atoms with Gasteiger partial charge < -0.3 is 20.6 Å². The van der Waals surface area contributed by atoms with Crippen LogP contribution in [0.25, 0.3) is 0 Å². The van der Waals surface area contributed by atoms with E-state index in [2.05, 4.69) is 10.3 Å². The van der Waals surface area contributed by atoms with Crippen molar-refractivity contribution in [1.29, 1.82) is 0 Å². The number of nitrogens with two attached hydrogens (primary N) is 1. The van der Waals surface area contributed by atoms with E-state index in [1.54, 1.807) is 12.1 Å². The van der Waals surface area contributed by atoms with Crippen molar-refractivity contribution in [3.8, 4) is 0 Å². The Morgan fingerprint density at radius 2 is 2.11 bits per heavy atom. The van der Waals surface area contributed by atoms with Gasteiger partial charge in [-0.15, -0.1) is 0 Å². The van der Waals surface area contributed by atoms with Gasteiger partial charge in [-0.05, 0) is 31.2 Å². The largest absolute Gasteiger partial charge is 0.478 e. The Labute approximate surface area is 103 Å². The molecular formula is C12H13N3O3. The van der Waals surface area contributed by atoms with E-state index < -0.39 is 5.97 Å². The van der Waals surface area contributed by atoms with Crippen molar-refractivity contribution in [3.05, 3.63) is 41.8 Å². The standard InChI is InChI=1S/C12H13N3O3/c1-7(13)10-6-18-12(15-10)14-9-4-2-8(3-5-9)11(16)17/h2-7H,13H2,1H3,(H,14,15)(H,16,17). The molecule has 1 unspecified atom stereocenters. The first-order valence-electron chi connectivity index (χ1n) is 5.37. The van der Waals surface area contributed by atoms with Gasteiger partial charge in [0.25, 0.3) is 6.01 Å². The van der Waals surface area contributed by atoms with Gasteiger partial charge in [-0.3, -0.25) is 0 Å². The summed E-state index contributed by atoms with van der Waals surface area (Å²) < 4.78 is 5.19. The van der Waals surface area contributed by atoms with Crippen LogP contribution in [0.5, 0.6) is 0 Å². The molecule has 4 N–H and O–H groups in total. The molecule has 0 fully saturated rings. The van der Waals surface area contributed by atoms with Gasteiger partial charge in [-0.2, -0.15) is 4.98 Å². The second-order valence-corrected chi connectivity index (χ2v) is 3.87. The second-order valence-electron chi connectivity index (χ2n) is 3.87. The number of carbonyl (C=O) groups is 1. The summed E-state index contributed by atoms with van der Waals surface area (Å²) in [5.41, 5.74) is 7.23. The van der Waals surface area contributed by atoms with E-state index in [9.17, 15) is 4.79 Å². The summed E-state index contributed by atoms with van der Waals surface area (Å²) in [5, 5.41) is 11.7. The Morgan fingerprint density at radius 1 is 1.44 bits per heavy atom. The van der Waals surface area contributed by atoms with Crippen LogP contribution in [-0.2, 0) is 0 Å². The minimum atomic E-state index is -0.961. The molecular weight excluding hydrogens is 234 g/mol. The maximum atomic E-state index is 10.7. The highest BCUT2D eigenvalue weighted by Crippen LogP contribution is 2.18. The predicted octanol–water partition coefficient (Wildman–Crippen LogP) is 2.14. The highest BCUT2D eigenvalue weighted by atomic mass is 16.4. The summed E-state index contributed by atoms with van der Waals surface area (Å²) in [6.45, 7) is 1.81. The molecule has 6 nitrogen and oxygen atoms in total. The van der Waals surface area contributed by atoms with Gasteiger partial charge in [0.1, 0.15) is 6.26 Å². The minimum Gasteiger partial charge on any atom is -0.478 e. The molecule has 2 rings (SSSR count). The van der Waals surface area contributed by atoms with Crippen LogP contribution in [-0.4, -0.2) is 16.1 Å². The van der Waals surface area contributed by atoms with Crippen LogP contribution in [0.15, 0.2) is 34.9 Å². The molecule has 0 amide bonds. The zero-order valence-corrected chi connectivity index (χ0v) is 9.75. The van der Waals surface area contributed by atoms with Gasteiger partial charge >= 0.3 is 5.97 Å². The van der Waals surface area contributed by atoms with E-state index in [4.69, 9.17) is 15.3 Å². The Kier molecular flexibility index (Phi) is 3.29. The van der Waals surface area contributed by atoms with Crippen molar-refractivity contribution >= 4 is 17.7 Å². The van der Waals surface area contributed by atoms with E-state index in [0.29, 0.717) is 17.4 Å². The number of rotatable bonds is 4. The van der Waals surface area contributed by atoms with Crippen LogP contribution >= 0.6 is 0 Å². The second kappa shape index (κ2) is 4.89. The first-order chi connectivity index (χ1) is 8.56. The minimum absolute atomic E-state index is 0.196. The zero-order chi connectivity index (χ0) is 13.1. The van der Waals surface area contributed by atoms with Crippen molar-refractivity contribution in [2.45, 2.75) is 13.0 Å². The maximum Gasteiger partial charge on any atom is 0.335 e. The number of aromatic nitrogens is 1. The third kappa shape index (κ3) is 2.67. The molecule has 0 aliphatic rings. The van der Waals surface area contributed by atoms with Crippen LogP contribution in [0.3, 0.4) is 0 Å². The Balaban J connectivity index is 2.10. The zero-order valence-electron chi connectivity index (χ0n) is 9.75. The SMILES string of the molecule is CC(N)c1coc(Nc2ccc(C(=O)O)cc2)n1. The fourth-order valence-electron chi connectivity index (χ4n) is 1.37. The molecule has 1 aromatic carbocycles. The molecule has 0 radical (unpaired) electrons. The van der Waals surface area contributed by atoms with Crippen molar-refractivity contribution in [3.63, 3.8) is 0 Å². The first-order valence-corrected chi connectivity index (χ1v) is 5.37. The molecule has 1 atom stereocenters. The molecule has 0 aliphatic heterocycles. The van der Waals surface area contributed by atoms with Crippen LogP contribution in [0.2, 0.25) is 0 Å². The first kappa shape index (κ1) is 12.1. The van der Waals surface area contributed by atoms with Crippen LogP contribution < -0.4 is 11.1 Å². The summed E-state index contributed by atoms with van der Waals surface area (Å²) in [7, 11) is 0. The van der Waals surface area contributed by atoms with Crippen LogP contribution in [0, 0.1) is 0 Å². The summed E-state index contributed by atoms with van der Waals surface area (Å²) in [6, 6.07) is 6.41. The lowest BCUT2D eigenvalue weighted by molar-refractivity contribution is 0.0697. The number of carboxylic acid groups (broad SMARTS) is 1. The van der Waals surface area contributed by atoms with E-state index >= 15 is 0 Å². The number of anilines is 2. The topological polar surface area (TPSA) is 101 Å². The lowest BCUT2D eigenvalue weighted by Crippen LogP contribution is -2.05. The van der Waals surface area contributed by atoms with Crippen molar-refractivity contribution < 1.29 is 14.3 Å². The van der Waals surface area contributed by atoms with Crippen molar-refractivity contribution in [2.24, 2.45) is 5.73 Å². The highest BCUT2D eigenvalue weighted by Gasteiger charge is 2.08. The number of carboxylic acids is 1. The van der Waals surface area contributed by atoms with E-state index in [1.165, 1.54) is 18.4 Å². The monoisotopic (exact) mass is 247 g/mol. The summed E-state index contributed by atoms with van der Waals surface area (Å²) in [6.07, 6.45) is 1.48. The molecule has 0 saturated carbocycles. The molecule has 1 aromatic heterocycles. The quantitative estimate of drug-likeness (QED) is 0.765. The molecule has 0 spiro atoms. The smallest absolute Gasteiger partial charge is 0.335 e. The molecule has 0 aliphatic carbocycles. The summed E-state index contributed by atoms with van der Waals surface area (Å²) in [5.74, 6) is -0.961. The number of aromatic carboxylic acids is 1. The van der Waals surface area contributed by atoms with Gasteiger partial charge in [-0.1, -0.05) is 0 Å². The van der Waals surface area contributed by atoms with Crippen LogP contribution in [0.1, 0.15) is 29.0 Å². The molecule has 0 bridgehead atoms. The van der Waals surface area contributed by atoms with Gasteiger partial charge in [0.05, 0.1) is 11.3 Å². The van der Waals surface area contributed by atoms with Crippen molar-refractivity contribution in [2.75, 3.05) is 5.32 Å². The van der Waals surface area contributed by atoms with Gasteiger partial charge in [0.15, 0.2) is 0 Å². The lowest BCUT2D eigenvalue weighted by Gasteiger charge is -2.01. The number of benzene rings is 1. The van der Waals surface area contributed by atoms with E-state index in [0.717, 1.165) is 0 Å². The fraction of sp³-hybridized carbons (Fsp3) is 0.167. The third-order valence-corrected chi connectivity index (χ3v) is 2.37. The Bertz CT molecular complexity index is 546. The maximum absolute atomic E-state index is 10.7. The fourth-order valence-corrected chi connectivity index (χ4v) is 1.37. The third-order valence-electron chi connectivity index (χ3n) is 2.37. The number of hydrogen-bond acceptors (Lipinski definition) is 5. The molecule has 94 valence electrons. The van der Waals surface area contributed by atoms with E-state index in [1.807, 2.05) is 6.92 Å². The number of oxazole rings is 1. The van der Waals surface area contributed by atoms with Gasteiger partial charge in [0, 0.05) is 11.7 Å². The average Bonchev–Trinajstić information content (AvgIpc) is 2.78. The number of hydrogen-bond donors (Lipinski definition) is 3.